The number of hydrogen-bond acceptors (Lipinski definition) is 2. The summed E-state index contributed by atoms with van der Waals surface area (Å²) in [6.45, 7) is 6.45. The molecule has 0 spiro atoms. The van der Waals surface area contributed by atoms with Crippen LogP contribution in [0.2, 0.25) is 0 Å². The van der Waals surface area contributed by atoms with Crippen molar-refractivity contribution in [3.05, 3.63) is 24.0 Å². The second-order valence-electron chi connectivity index (χ2n) is 3.75. The van der Waals surface area contributed by atoms with Gasteiger partial charge in [0.15, 0.2) is 11.6 Å². The zero-order chi connectivity index (χ0) is 11.4. The normalized spacial score (nSPS) is 10.5. The van der Waals surface area contributed by atoms with Crippen molar-refractivity contribution >= 4 is 5.69 Å². The predicted octanol–water partition coefficient (Wildman–Crippen LogP) is 3.07. The lowest BCUT2D eigenvalue weighted by atomic mass is 10.2. The van der Waals surface area contributed by atoms with Crippen LogP contribution in [0.3, 0.4) is 0 Å². The van der Waals surface area contributed by atoms with Crippen LogP contribution in [0.25, 0.3) is 0 Å². The van der Waals surface area contributed by atoms with Crippen LogP contribution in [0.4, 0.5) is 10.1 Å². The fourth-order valence-electron chi connectivity index (χ4n) is 1.28. The van der Waals surface area contributed by atoms with E-state index in [1.807, 2.05) is 24.9 Å². The SMILES string of the molecule is CCOc1ccc(N(C)C(C)C)cc1F. The highest BCUT2D eigenvalue weighted by Gasteiger charge is 2.09. The molecule has 1 aromatic rings. The third-order valence-electron chi connectivity index (χ3n) is 2.40. The van der Waals surface area contributed by atoms with Gasteiger partial charge in [0.25, 0.3) is 0 Å². The van der Waals surface area contributed by atoms with Gasteiger partial charge in [-0.05, 0) is 32.9 Å². The van der Waals surface area contributed by atoms with Gasteiger partial charge in [-0.3, -0.25) is 0 Å². The highest BCUT2D eigenvalue weighted by Crippen LogP contribution is 2.24. The Hall–Kier alpha value is -1.25. The summed E-state index contributed by atoms with van der Waals surface area (Å²) in [5, 5.41) is 0. The summed E-state index contributed by atoms with van der Waals surface area (Å²) < 4.78 is 18.6. The molecule has 0 radical (unpaired) electrons. The van der Waals surface area contributed by atoms with Crippen LogP contribution in [0.5, 0.6) is 5.75 Å². The zero-order valence-electron chi connectivity index (χ0n) is 9.75. The molecule has 0 aliphatic rings. The molecular weight excluding hydrogens is 193 g/mol. The molecule has 0 heterocycles. The van der Waals surface area contributed by atoms with E-state index < -0.39 is 0 Å². The number of anilines is 1. The van der Waals surface area contributed by atoms with E-state index in [4.69, 9.17) is 4.74 Å². The molecule has 0 unspecified atom stereocenters. The van der Waals surface area contributed by atoms with Crippen molar-refractivity contribution in [1.29, 1.82) is 0 Å². The average Bonchev–Trinajstić information content (AvgIpc) is 2.20. The number of halogens is 1. The van der Waals surface area contributed by atoms with Crippen molar-refractivity contribution < 1.29 is 9.13 Å². The van der Waals surface area contributed by atoms with Gasteiger partial charge in [-0.2, -0.15) is 0 Å². The number of rotatable bonds is 4. The van der Waals surface area contributed by atoms with Crippen LogP contribution in [0.1, 0.15) is 20.8 Å². The molecule has 84 valence electrons. The summed E-state index contributed by atoms with van der Waals surface area (Å²) in [5.74, 6) is 0.0141. The Morgan fingerprint density at radius 1 is 1.40 bits per heavy atom. The maximum atomic E-state index is 13.5. The Morgan fingerprint density at radius 3 is 2.53 bits per heavy atom. The Kier molecular flexibility index (Phi) is 3.95. The number of nitrogens with zero attached hydrogens (tertiary/aromatic N) is 1. The molecule has 0 aliphatic heterocycles. The van der Waals surface area contributed by atoms with Crippen LogP contribution < -0.4 is 9.64 Å². The molecule has 0 bridgehead atoms. The summed E-state index contributed by atoms with van der Waals surface area (Å²) in [7, 11) is 1.94. The minimum atomic E-state index is -0.304. The molecule has 1 rings (SSSR count). The lowest BCUT2D eigenvalue weighted by molar-refractivity contribution is 0.321. The molecule has 0 saturated carbocycles. The van der Waals surface area contributed by atoms with Gasteiger partial charge in [-0.15, -0.1) is 0 Å². The van der Waals surface area contributed by atoms with Crippen molar-refractivity contribution in [3.63, 3.8) is 0 Å². The van der Waals surface area contributed by atoms with Crippen LogP contribution in [-0.4, -0.2) is 19.7 Å². The molecule has 15 heavy (non-hydrogen) atoms. The smallest absolute Gasteiger partial charge is 0.167 e. The second-order valence-corrected chi connectivity index (χ2v) is 3.75. The maximum Gasteiger partial charge on any atom is 0.167 e. The topological polar surface area (TPSA) is 12.5 Å². The molecule has 0 aliphatic carbocycles. The lowest BCUT2D eigenvalue weighted by Gasteiger charge is -2.24. The van der Waals surface area contributed by atoms with Crippen molar-refractivity contribution in [3.8, 4) is 5.75 Å². The van der Waals surface area contributed by atoms with Gasteiger partial charge < -0.3 is 9.64 Å². The van der Waals surface area contributed by atoms with Crippen molar-refractivity contribution in [2.45, 2.75) is 26.8 Å². The first kappa shape index (κ1) is 11.8. The highest BCUT2D eigenvalue weighted by atomic mass is 19.1. The molecule has 2 nitrogen and oxygen atoms in total. The third kappa shape index (κ3) is 2.85. The monoisotopic (exact) mass is 211 g/mol. The number of benzene rings is 1. The Morgan fingerprint density at radius 2 is 2.07 bits per heavy atom. The summed E-state index contributed by atoms with van der Waals surface area (Å²) >= 11 is 0. The van der Waals surface area contributed by atoms with Crippen LogP contribution in [-0.2, 0) is 0 Å². The van der Waals surface area contributed by atoms with Crippen LogP contribution >= 0.6 is 0 Å². The fraction of sp³-hybridized carbons (Fsp3) is 0.500. The van der Waals surface area contributed by atoms with Gasteiger partial charge in [0.05, 0.1) is 6.61 Å². The number of ether oxygens (including phenoxy) is 1. The molecule has 1 aromatic carbocycles. The van der Waals surface area contributed by atoms with Gasteiger partial charge in [-0.25, -0.2) is 4.39 Å². The van der Waals surface area contributed by atoms with Crippen LogP contribution in [0.15, 0.2) is 18.2 Å². The molecule has 0 amide bonds. The van der Waals surface area contributed by atoms with E-state index in [1.54, 1.807) is 6.07 Å². The molecule has 0 fully saturated rings. The largest absolute Gasteiger partial charge is 0.491 e. The maximum absolute atomic E-state index is 13.5. The first-order chi connectivity index (χ1) is 7.06. The van der Waals surface area contributed by atoms with Gasteiger partial charge in [0, 0.05) is 24.8 Å². The Bertz CT molecular complexity index is 325. The molecule has 0 aromatic heterocycles. The van der Waals surface area contributed by atoms with Crippen molar-refractivity contribution in [1.82, 2.24) is 0 Å². The third-order valence-corrected chi connectivity index (χ3v) is 2.40. The molecule has 0 N–H and O–H groups in total. The summed E-state index contributed by atoms with van der Waals surface area (Å²) in [5.41, 5.74) is 0.867. The molecule has 0 atom stereocenters. The van der Waals surface area contributed by atoms with Crippen LogP contribution in [0, 0.1) is 5.82 Å². The lowest BCUT2D eigenvalue weighted by Crippen LogP contribution is -2.25. The second kappa shape index (κ2) is 5.01. The quantitative estimate of drug-likeness (QED) is 0.759. The van der Waals surface area contributed by atoms with E-state index in [0.717, 1.165) is 5.69 Å². The van der Waals surface area contributed by atoms with Gasteiger partial charge in [-0.1, -0.05) is 0 Å². The Balaban J connectivity index is 2.90. The van der Waals surface area contributed by atoms with Gasteiger partial charge in [0.1, 0.15) is 0 Å². The minimum absolute atomic E-state index is 0.304. The molecule has 3 heteroatoms. The highest BCUT2D eigenvalue weighted by molar-refractivity contribution is 5.49. The summed E-state index contributed by atoms with van der Waals surface area (Å²) in [6.07, 6.45) is 0. The standard InChI is InChI=1S/C12H18FNO/c1-5-15-12-7-6-10(8-11(12)13)14(4)9(2)3/h6-9H,5H2,1-4H3. The first-order valence-corrected chi connectivity index (χ1v) is 5.21. The zero-order valence-corrected chi connectivity index (χ0v) is 9.75. The first-order valence-electron chi connectivity index (χ1n) is 5.21. The predicted molar refractivity (Wildman–Crippen MR) is 61.1 cm³/mol. The van der Waals surface area contributed by atoms with E-state index in [9.17, 15) is 4.39 Å². The van der Waals surface area contributed by atoms with E-state index in [2.05, 4.69) is 13.8 Å². The summed E-state index contributed by atoms with van der Waals surface area (Å²) in [6, 6.07) is 5.40. The van der Waals surface area contributed by atoms with E-state index in [1.165, 1.54) is 6.07 Å². The summed E-state index contributed by atoms with van der Waals surface area (Å²) in [4.78, 5) is 2.01. The van der Waals surface area contributed by atoms with Crippen molar-refractivity contribution in [2.75, 3.05) is 18.6 Å². The molecule has 0 saturated heterocycles. The average molecular weight is 211 g/mol. The van der Waals surface area contributed by atoms with E-state index in [-0.39, 0.29) is 5.82 Å². The Labute approximate surface area is 90.7 Å². The van der Waals surface area contributed by atoms with Gasteiger partial charge in [0.2, 0.25) is 0 Å². The van der Waals surface area contributed by atoms with Gasteiger partial charge >= 0.3 is 0 Å². The fourth-order valence-corrected chi connectivity index (χ4v) is 1.28. The molecular formula is C12H18FNO. The number of hydrogen-bond donors (Lipinski definition) is 0. The minimum Gasteiger partial charge on any atom is -0.491 e. The van der Waals surface area contributed by atoms with E-state index >= 15 is 0 Å². The van der Waals surface area contributed by atoms with Crippen molar-refractivity contribution in [2.24, 2.45) is 0 Å². The van der Waals surface area contributed by atoms with E-state index in [0.29, 0.717) is 18.4 Å².